The standard InChI is InChI=1S/C32H28F2O6S2/c1-21(32(33,34)42(35,36)37)38-24-14-18-27(19-15-24)41(25-9-4-3-5-10-25)26-16-12-23(13-17-26)31(2)39-29-20-22-8-6-7-11-28(22)30(29)40-31/h3-19,21,29-30H,20H2,1-2H3/p+1. The molecule has 5 unspecified atom stereocenters. The molecule has 0 saturated carbocycles. The van der Waals surface area contributed by atoms with Crippen LogP contribution in [-0.2, 0) is 42.7 Å². The van der Waals surface area contributed by atoms with E-state index in [1.165, 1.54) is 23.3 Å². The van der Waals surface area contributed by atoms with E-state index in [1.807, 2.05) is 73.7 Å². The zero-order chi connectivity index (χ0) is 29.7. The number of hydrogen-bond acceptors (Lipinski definition) is 5. The van der Waals surface area contributed by atoms with Crippen molar-refractivity contribution in [2.75, 3.05) is 0 Å². The molecule has 1 aliphatic carbocycles. The summed E-state index contributed by atoms with van der Waals surface area (Å²) in [6.07, 6.45) is -1.41. The van der Waals surface area contributed by atoms with Crippen LogP contribution in [-0.4, -0.2) is 30.4 Å². The predicted molar refractivity (Wildman–Crippen MR) is 154 cm³/mol. The molecule has 2 aliphatic rings. The van der Waals surface area contributed by atoms with Gasteiger partial charge in [-0.2, -0.15) is 17.2 Å². The molecular weight excluding hydrogens is 582 g/mol. The maximum absolute atomic E-state index is 14.0. The molecule has 6 rings (SSSR count). The van der Waals surface area contributed by atoms with Crippen molar-refractivity contribution < 1.29 is 36.0 Å². The van der Waals surface area contributed by atoms with E-state index in [4.69, 9.17) is 18.8 Å². The summed E-state index contributed by atoms with van der Waals surface area (Å²) in [7, 11) is -6.17. The third-order valence-corrected chi connectivity index (χ3v) is 10.9. The summed E-state index contributed by atoms with van der Waals surface area (Å²) in [5, 5.41) is -4.45. The highest BCUT2D eigenvalue weighted by Crippen LogP contribution is 2.50. The van der Waals surface area contributed by atoms with Gasteiger partial charge in [-0.3, -0.25) is 4.55 Å². The van der Waals surface area contributed by atoms with Crippen molar-refractivity contribution in [3.63, 3.8) is 0 Å². The van der Waals surface area contributed by atoms with Gasteiger partial charge in [0.15, 0.2) is 26.6 Å². The van der Waals surface area contributed by atoms with E-state index in [0.29, 0.717) is 0 Å². The third-order valence-electron chi connectivity index (χ3n) is 7.63. The van der Waals surface area contributed by atoms with Gasteiger partial charge in [0.2, 0.25) is 0 Å². The molecule has 0 radical (unpaired) electrons. The van der Waals surface area contributed by atoms with Gasteiger partial charge < -0.3 is 14.2 Å². The van der Waals surface area contributed by atoms with Crippen LogP contribution in [0.4, 0.5) is 8.78 Å². The molecule has 1 aliphatic heterocycles. The highest BCUT2D eigenvalue weighted by molar-refractivity contribution is 7.97. The topological polar surface area (TPSA) is 82.1 Å². The summed E-state index contributed by atoms with van der Waals surface area (Å²) in [5.41, 5.74) is 3.35. The van der Waals surface area contributed by atoms with Crippen molar-refractivity contribution in [1.82, 2.24) is 0 Å². The van der Waals surface area contributed by atoms with Crippen LogP contribution in [0.5, 0.6) is 5.75 Å². The van der Waals surface area contributed by atoms with Crippen LogP contribution >= 0.6 is 0 Å². The molecule has 1 fully saturated rings. The molecule has 1 N–H and O–H groups in total. The predicted octanol–water partition coefficient (Wildman–Crippen LogP) is 6.92. The average molecular weight is 612 g/mol. The molecule has 0 aromatic heterocycles. The van der Waals surface area contributed by atoms with Crippen molar-refractivity contribution in [3.8, 4) is 5.75 Å². The number of halogens is 2. The summed E-state index contributed by atoms with van der Waals surface area (Å²) < 4.78 is 77.1. The molecule has 4 aromatic carbocycles. The summed E-state index contributed by atoms with van der Waals surface area (Å²) in [5.74, 6) is -0.830. The highest BCUT2D eigenvalue weighted by atomic mass is 32.2. The SMILES string of the molecule is CC(Oc1ccc([S+](c2ccccc2)c2ccc(C3(C)OC4Cc5ccccc5C4O3)cc2)cc1)C(F)(F)S(=O)(=O)O. The number of benzene rings is 4. The fourth-order valence-corrected chi connectivity index (χ4v) is 7.98. The lowest BCUT2D eigenvalue weighted by atomic mass is 10.1. The molecule has 4 aromatic rings. The minimum absolute atomic E-state index is 0.0353. The zero-order valence-corrected chi connectivity index (χ0v) is 24.4. The van der Waals surface area contributed by atoms with E-state index >= 15 is 0 Å². The van der Waals surface area contributed by atoms with Crippen molar-refractivity contribution in [2.45, 2.75) is 64.3 Å². The van der Waals surface area contributed by atoms with E-state index in [2.05, 4.69) is 12.1 Å². The first kappa shape index (κ1) is 28.8. The Morgan fingerprint density at radius 1 is 0.881 bits per heavy atom. The Labute approximate surface area is 246 Å². The number of fused-ring (bicyclic) bond motifs is 3. The zero-order valence-electron chi connectivity index (χ0n) is 22.8. The molecule has 10 heteroatoms. The van der Waals surface area contributed by atoms with Crippen LogP contribution in [0.1, 0.15) is 36.6 Å². The quantitative estimate of drug-likeness (QED) is 0.172. The van der Waals surface area contributed by atoms with Crippen LogP contribution < -0.4 is 4.74 Å². The summed E-state index contributed by atoms with van der Waals surface area (Å²) >= 11 is 0. The first-order valence-electron chi connectivity index (χ1n) is 13.4. The summed E-state index contributed by atoms with van der Waals surface area (Å²) in [6.45, 7) is 2.84. The second-order valence-electron chi connectivity index (χ2n) is 10.5. The fourth-order valence-electron chi connectivity index (χ4n) is 5.45. The van der Waals surface area contributed by atoms with Gasteiger partial charge in [-0.15, -0.1) is 0 Å². The van der Waals surface area contributed by atoms with Crippen LogP contribution in [0.25, 0.3) is 0 Å². The molecular formula is C32H29F2O6S2+. The lowest BCUT2D eigenvalue weighted by Gasteiger charge is -2.25. The van der Waals surface area contributed by atoms with Crippen molar-refractivity contribution >= 4 is 21.0 Å². The number of alkyl halides is 2. The van der Waals surface area contributed by atoms with E-state index in [1.54, 1.807) is 12.1 Å². The second kappa shape index (κ2) is 10.8. The molecule has 218 valence electrons. The molecule has 5 atom stereocenters. The summed E-state index contributed by atoms with van der Waals surface area (Å²) in [4.78, 5) is 2.98. The number of hydrogen-bond donors (Lipinski definition) is 1. The van der Waals surface area contributed by atoms with Gasteiger partial charge in [-0.05, 0) is 85.6 Å². The van der Waals surface area contributed by atoms with Crippen molar-refractivity contribution in [3.05, 3.63) is 120 Å². The largest absolute Gasteiger partial charge is 0.483 e. The average Bonchev–Trinajstić information content (AvgIpc) is 3.48. The first-order valence-corrected chi connectivity index (χ1v) is 16.1. The van der Waals surface area contributed by atoms with Crippen LogP contribution in [0.15, 0.2) is 118 Å². The normalized spacial score (nSPS) is 23.2. The molecule has 0 spiro atoms. The number of ether oxygens (including phenoxy) is 3. The van der Waals surface area contributed by atoms with E-state index in [0.717, 1.165) is 33.6 Å². The maximum atomic E-state index is 14.0. The van der Waals surface area contributed by atoms with Gasteiger partial charge in [0, 0.05) is 12.0 Å². The van der Waals surface area contributed by atoms with Crippen LogP contribution in [0.2, 0.25) is 0 Å². The van der Waals surface area contributed by atoms with E-state index in [9.17, 15) is 17.2 Å². The second-order valence-corrected chi connectivity index (χ2v) is 14.0. The minimum Gasteiger partial charge on any atom is -0.483 e. The van der Waals surface area contributed by atoms with E-state index in [-0.39, 0.29) is 18.0 Å². The Balaban J connectivity index is 1.25. The highest BCUT2D eigenvalue weighted by Gasteiger charge is 2.52. The van der Waals surface area contributed by atoms with Crippen molar-refractivity contribution in [1.29, 1.82) is 0 Å². The third kappa shape index (κ3) is 5.22. The van der Waals surface area contributed by atoms with Gasteiger partial charge in [0.05, 0.1) is 17.0 Å². The Bertz CT molecular complexity index is 1680. The lowest BCUT2D eigenvalue weighted by molar-refractivity contribution is -0.171. The molecule has 42 heavy (non-hydrogen) atoms. The van der Waals surface area contributed by atoms with Crippen LogP contribution in [0.3, 0.4) is 0 Å². The van der Waals surface area contributed by atoms with Gasteiger partial charge in [0.1, 0.15) is 11.9 Å². The van der Waals surface area contributed by atoms with E-state index < -0.39 is 38.2 Å². The Hall–Kier alpha value is -3.28. The Kier molecular flexibility index (Phi) is 7.39. The van der Waals surface area contributed by atoms with Gasteiger partial charge >= 0.3 is 15.4 Å². The molecule has 0 bridgehead atoms. The maximum Gasteiger partial charge on any atom is 0.405 e. The van der Waals surface area contributed by atoms with Crippen molar-refractivity contribution in [2.24, 2.45) is 0 Å². The molecule has 1 heterocycles. The smallest absolute Gasteiger partial charge is 0.405 e. The Morgan fingerprint density at radius 2 is 1.45 bits per heavy atom. The minimum atomic E-state index is -5.62. The first-order chi connectivity index (χ1) is 20.0. The van der Waals surface area contributed by atoms with Gasteiger partial charge in [0.25, 0.3) is 0 Å². The molecule has 1 saturated heterocycles. The van der Waals surface area contributed by atoms with Gasteiger partial charge in [-0.25, -0.2) is 0 Å². The summed E-state index contributed by atoms with van der Waals surface area (Å²) in [6, 6.07) is 32.9. The molecule has 0 amide bonds. The monoisotopic (exact) mass is 611 g/mol. The Morgan fingerprint density at radius 3 is 2.10 bits per heavy atom. The lowest BCUT2D eigenvalue weighted by Crippen LogP contribution is -2.42. The fraction of sp³-hybridized carbons (Fsp3) is 0.250. The van der Waals surface area contributed by atoms with Crippen LogP contribution in [0, 0.1) is 0 Å². The number of rotatable bonds is 8. The van der Waals surface area contributed by atoms with Gasteiger partial charge in [-0.1, -0.05) is 42.5 Å². The molecule has 6 nitrogen and oxygen atoms in total.